The van der Waals surface area contributed by atoms with Gasteiger partial charge in [0.2, 0.25) is 11.7 Å². The van der Waals surface area contributed by atoms with Gasteiger partial charge in [-0.2, -0.15) is 9.50 Å². The Hall–Kier alpha value is -2.90. The van der Waals surface area contributed by atoms with Crippen LogP contribution in [0, 0.1) is 5.82 Å². The van der Waals surface area contributed by atoms with Gasteiger partial charge in [0, 0.05) is 29.9 Å². The van der Waals surface area contributed by atoms with E-state index in [1.54, 1.807) is 12.1 Å². The summed E-state index contributed by atoms with van der Waals surface area (Å²) in [5.74, 6) is 0.693. The lowest BCUT2D eigenvalue weighted by atomic mass is 10.2. The molecular weight excluding hydrogens is 313 g/mol. The van der Waals surface area contributed by atoms with Crippen molar-refractivity contribution >= 4 is 11.7 Å². The molecule has 0 saturated heterocycles. The number of hydrogen-bond donors (Lipinski definition) is 2. The zero-order chi connectivity index (χ0) is 17.1. The number of aromatic amines is 1. The number of ether oxygens (including phenoxy) is 1. The van der Waals surface area contributed by atoms with Crippen molar-refractivity contribution in [2.24, 2.45) is 0 Å². The van der Waals surface area contributed by atoms with Gasteiger partial charge < -0.3 is 15.0 Å². The second-order valence-corrected chi connectivity index (χ2v) is 5.36. The predicted octanol–water partition coefficient (Wildman–Crippen LogP) is 2.13. The molecule has 0 bridgehead atoms. The normalized spacial score (nSPS) is 11.0. The SMILES string of the molecule is CCCc1cc(=O)n2nc(NCc3ccc(OC)cc3F)nc2[nH]1. The Labute approximate surface area is 137 Å². The molecule has 3 rings (SSSR count). The summed E-state index contributed by atoms with van der Waals surface area (Å²) in [6, 6.07) is 6.13. The number of halogens is 1. The smallest absolute Gasteiger partial charge is 0.275 e. The van der Waals surface area contributed by atoms with Crippen LogP contribution in [0.25, 0.3) is 5.78 Å². The lowest BCUT2D eigenvalue weighted by Gasteiger charge is -2.05. The van der Waals surface area contributed by atoms with E-state index in [9.17, 15) is 9.18 Å². The maximum absolute atomic E-state index is 13.9. The zero-order valence-electron chi connectivity index (χ0n) is 13.5. The van der Waals surface area contributed by atoms with Gasteiger partial charge in [-0.3, -0.25) is 4.79 Å². The maximum atomic E-state index is 13.9. The average molecular weight is 331 g/mol. The molecule has 0 atom stereocenters. The number of aromatic nitrogens is 4. The number of methoxy groups -OCH3 is 1. The number of rotatable bonds is 6. The van der Waals surface area contributed by atoms with Crippen molar-refractivity contribution in [3.05, 3.63) is 51.7 Å². The molecule has 0 amide bonds. The van der Waals surface area contributed by atoms with Crippen LogP contribution in [-0.4, -0.2) is 26.7 Å². The first-order chi connectivity index (χ1) is 11.6. The minimum Gasteiger partial charge on any atom is -0.497 e. The van der Waals surface area contributed by atoms with E-state index in [0.29, 0.717) is 17.1 Å². The molecule has 0 spiro atoms. The minimum atomic E-state index is -0.382. The number of nitrogens with one attached hydrogen (secondary N) is 2. The summed E-state index contributed by atoms with van der Waals surface area (Å²) in [5, 5.41) is 7.02. The van der Waals surface area contributed by atoms with E-state index in [1.807, 2.05) is 6.92 Å². The van der Waals surface area contributed by atoms with E-state index >= 15 is 0 Å². The highest BCUT2D eigenvalue weighted by atomic mass is 19.1. The molecule has 24 heavy (non-hydrogen) atoms. The molecule has 7 nitrogen and oxygen atoms in total. The Kier molecular flexibility index (Phi) is 4.45. The highest BCUT2D eigenvalue weighted by Crippen LogP contribution is 2.17. The van der Waals surface area contributed by atoms with Gasteiger partial charge in [0.25, 0.3) is 5.56 Å². The lowest BCUT2D eigenvalue weighted by molar-refractivity contribution is 0.411. The molecule has 0 aliphatic heterocycles. The Morgan fingerprint density at radius 3 is 2.92 bits per heavy atom. The monoisotopic (exact) mass is 331 g/mol. The fourth-order valence-electron chi connectivity index (χ4n) is 2.39. The van der Waals surface area contributed by atoms with Crippen LogP contribution in [0.5, 0.6) is 5.75 Å². The fourth-order valence-corrected chi connectivity index (χ4v) is 2.39. The van der Waals surface area contributed by atoms with E-state index in [0.717, 1.165) is 18.5 Å². The van der Waals surface area contributed by atoms with E-state index in [2.05, 4.69) is 20.4 Å². The van der Waals surface area contributed by atoms with Gasteiger partial charge >= 0.3 is 0 Å². The third-order valence-corrected chi connectivity index (χ3v) is 3.60. The standard InChI is InChI=1S/C16H18FN5O2/c1-3-4-11-7-14(23)22-16(19-11)20-15(21-22)18-9-10-5-6-12(24-2)8-13(10)17/h5-8H,3-4,9H2,1-2H3,(H2,18,19,20,21). The van der Waals surface area contributed by atoms with Crippen molar-refractivity contribution in [1.29, 1.82) is 0 Å². The van der Waals surface area contributed by atoms with Crippen molar-refractivity contribution < 1.29 is 9.13 Å². The molecule has 0 saturated carbocycles. The topological polar surface area (TPSA) is 84.3 Å². The summed E-state index contributed by atoms with van der Waals surface area (Å²) in [5.41, 5.74) is 1.02. The first-order valence-electron chi connectivity index (χ1n) is 7.66. The lowest BCUT2D eigenvalue weighted by Crippen LogP contribution is -2.15. The molecule has 0 aliphatic carbocycles. The fraction of sp³-hybridized carbons (Fsp3) is 0.312. The number of aryl methyl sites for hydroxylation is 1. The Morgan fingerprint density at radius 2 is 2.21 bits per heavy atom. The average Bonchev–Trinajstić information content (AvgIpc) is 2.97. The van der Waals surface area contributed by atoms with Crippen molar-refractivity contribution in [3.8, 4) is 5.75 Å². The molecule has 2 aromatic heterocycles. The quantitative estimate of drug-likeness (QED) is 0.723. The molecule has 3 aromatic rings. The molecule has 0 radical (unpaired) electrons. The van der Waals surface area contributed by atoms with Crippen LogP contribution >= 0.6 is 0 Å². The van der Waals surface area contributed by atoms with Crippen molar-refractivity contribution in [2.45, 2.75) is 26.3 Å². The number of fused-ring (bicyclic) bond motifs is 1. The maximum Gasteiger partial charge on any atom is 0.275 e. The third kappa shape index (κ3) is 3.22. The highest BCUT2D eigenvalue weighted by Gasteiger charge is 2.09. The van der Waals surface area contributed by atoms with Crippen LogP contribution in [0.2, 0.25) is 0 Å². The van der Waals surface area contributed by atoms with Gasteiger partial charge in [-0.05, 0) is 12.5 Å². The number of nitrogens with zero attached hydrogens (tertiary/aromatic N) is 3. The molecule has 8 heteroatoms. The van der Waals surface area contributed by atoms with Crippen LogP contribution < -0.4 is 15.6 Å². The summed E-state index contributed by atoms with van der Waals surface area (Å²) in [6.45, 7) is 2.23. The number of hydrogen-bond acceptors (Lipinski definition) is 5. The van der Waals surface area contributed by atoms with Crippen LogP contribution in [0.15, 0.2) is 29.1 Å². The number of anilines is 1. The van der Waals surface area contributed by atoms with Gasteiger partial charge in [-0.25, -0.2) is 4.39 Å². The summed E-state index contributed by atoms with van der Waals surface area (Å²) in [6.07, 6.45) is 1.68. The molecule has 0 unspecified atom stereocenters. The van der Waals surface area contributed by atoms with Crippen molar-refractivity contribution in [2.75, 3.05) is 12.4 Å². The summed E-state index contributed by atoms with van der Waals surface area (Å²) in [4.78, 5) is 19.3. The highest BCUT2D eigenvalue weighted by molar-refractivity contribution is 5.38. The minimum absolute atomic E-state index is 0.197. The van der Waals surface area contributed by atoms with Gasteiger partial charge in [0.1, 0.15) is 11.6 Å². The predicted molar refractivity (Wildman–Crippen MR) is 87.9 cm³/mol. The molecular formula is C16H18FN5O2. The van der Waals surface area contributed by atoms with E-state index < -0.39 is 0 Å². The Balaban J connectivity index is 1.80. The second-order valence-electron chi connectivity index (χ2n) is 5.36. The van der Waals surface area contributed by atoms with Crippen molar-refractivity contribution in [3.63, 3.8) is 0 Å². The van der Waals surface area contributed by atoms with E-state index in [1.165, 1.54) is 23.8 Å². The molecule has 2 N–H and O–H groups in total. The zero-order valence-corrected chi connectivity index (χ0v) is 13.5. The van der Waals surface area contributed by atoms with Crippen LogP contribution in [0.3, 0.4) is 0 Å². The molecule has 0 fully saturated rings. The van der Waals surface area contributed by atoms with Crippen LogP contribution in [0.4, 0.5) is 10.3 Å². The summed E-state index contributed by atoms with van der Waals surface area (Å²) < 4.78 is 20.1. The number of benzene rings is 1. The number of H-pyrrole nitrogens is 1. The van der Waals surface area contributed by atoms with Gasteiger partial charge in [0.05, 0.1) is 7.11 Å². The van der Waals surface area contributed by atoms with E-state index in [-0.39, 0.29) is 23.9 Å². The first-order valence-corrected chi connectivity index (χ1v) is 7.66. The molecule has 126 valence electrons. The van der Waals surface area contributed by atoms with Crippen molar-refractivity contribution in [1.82, 2.24) is 19.6 Å². The Morgan fingerprint density at radius 1 is 1.38 bits per heavy atom. The summed E-state index contributed by atoms with van der Waals surface area (Å²) in [7, 11) is 1.48. The first kappa shape index (κ1) is 16.0. The van der Waals surface area contributed by atoms with Gasteiger partial charge in [0.15, 0.2) is 0 Å². The second kappa shape index (κ2) is 6.69. The third-order valence-electron chi connectivity index (χ3n) is 3.60. The largest absolute Gasteiger partial charge is 0.497 e. The Bertz CT molecular complexity index is 918. The van der Waals surface area contributed by atoms with Crippen LogP contribution in [-0.2, 0) is 13.0 Å². The van der Waals surface area contributed by atoms with Gasteiger partial charge in [-0.1, -0.05) is 19.4 Å². The van der Waals surface area contributed by atoms with E-state index in [4.69, 9.17) is 4.74 Å². The summed E-state index contributed by atoms with van der Waals surface area (Å²) >= 11 is 0. The van der Waals surface area contributed by atoms with Crippen LogP contribution in [0.1, 0.15) is 24.6 Å². The molecule has 1 aromatic carbocycles. The molecule has 2 heterocycles. The molecule has 0 aliphatic rings. The van der Waals surface area contributed by atoms with Gasteiger partial charge in [-0.15, -0.1) is 5.10 Å².